The Morgan fingerprint density at radius 2 is 1.91 bits per heavy atom. The second-order valence-corrected chi connectivity index (χ2v) is 8.61. The van der Waals surface area contributed by atoms with Crippen LogP contribution >= 0.6 is 22.9 Å². The second-order valence-electron chi connectivity index (χ2n) is 7.17. The lowest BCUT2D eigenvalue weighted by Gasteiger charge is -2.10. The molecular formula is C24H16ClN5O3S. The summed E-state index contributed by atoms with van der Waals surface area (Å²) < 4.78 is 7.41. The molecule has 5 aromatic rings. The number of carbonyl (C=O) groups is 1. The smallest absolute Gasteiger partial charge is 0.291 e. The van der Waals surface area contributed by atoms with Crippen LogP contribution in [-0.2, 0) is 4.79 Å². The van der Waals surface area contributed by atoms with Crippen molar-refractivity contribution in [2.75, 3.05) is 11.9 Å². The van der Waals surface area contributed by atoms with Crippen molar-refractivity contribution in [1.29, 1.82) is 0 Å². The van der Waals surface area contributed by atoms with Crippen molar-refractivity contribution in [3.63, 3.8) is 0 Å². The number of hydrogen-bond donors (Lipinski definition) is 1. The van der Waals surface area contributed by atoms with E-state index < -0.39 is 0 Å². The van der Waals surface area contributed by atoms with E-state index in [0.717, 1.165) is 5.56 Å². The van der Waals surface area contributed by atoms with Gasteiger partial charge >= 0.3 is 0 Å². The quantitative estimate of drug-likeness (QED) is 0.392. The Balaban J connectivity index is 1.41. The average molecular weight is 490 g/mol. The van der Waals surface area contributed by atoms with Gasteiger partial charge in [-0.2, -0.15) is 9.50 Å². The summed E-state index contributed by atoms with van der Waals surface area (Å²) in [5.41, 5.74) is 1.71. The normalized spacial score (nSPS) is 11.6. The number of amides is 1. The lowest BCUT2D eigenvalue weighted by atomic mass is 10.2. The van der Waals surface area contributed by atoms with Crippen LogP contribution in [0.3, 0.4) is 0 Å². The van der Waals surface area contributed by atoms with Crippen LogP contribution in [0.2, 0.25) is 5.02 Å². The fourth-order valence-corrected chi connectivity index (χ4v) is 4.30. The molecule has 34 heavy (non-hydrogen) atoms. The van der Waals surface area contributed by atoms with Gasteiger partial charge in [0.05, 0.1) is 4.53 Å². The Kier molecular flexibility index (Phi) is 6.03. The summed E-state index contributed by atoms with van der Waals surface area (Å²) in [5.74, 6) is 0.566. The van der Waals surface area contributed by atoms with E-state index in [1.807, 2.05) is 18.2 Å². The highest BCUT2D eigenvalue weighted by Crippen LogP contribution is 2.24. The fraction of sp³-hybridized carbons (Fsp3) is 0.0417. The molecule has 8 nitrogen and oxygen atoms in total. The van der Waals surface area contributed by atoms with Gasteiger partial charge < -0.3 is 10.1 Å². The zero-order valence-corrected chi connectivity index (χ0v) is 19.1. The van der Waals surface area contributed by atoms with Gasteiger partial charge in [-0.3, -0.25) is 14.6 Å². The maximum Gasteiger partial charge on any atom is 0.291 e. The summed E-state index contributed by atoms with van der Waals surface area (Å²) in [6, 6.07) is 17.6. The third-order valence-electron chi connectivity index (χ3n) is 4.80. The van der Waals surface area contributed by atoms with E-state index in [1.165, 1.54) is 15.9 Å². The predicted molar refractivity (Wildman–Crippen MR) is 131 cm³/mol. The molecule has 0 aliphatic heterocycles. The number of thiazole rings is 1. The van der Waals surface area contributed by atoms with Crippen molar-refractivity contribution in [1.82, 2.24) is 19.6 Å². The molecule has 0 aliphatic rings. The molecule has 0 atom stereocenters. The molecule has 1 amide bonds. The van der Waals surface area contributed by atoms with Gasteiger partial charge in [-0.1, -0.05) is 41.1 Å². The van der Waals surface area contributed by atoms with Crippen LogP contribution < -0.4 is 20.1 Å². The maximum absolute atomic E-state index is 12.9. The first kappa shape index (κ1) is 21.7. The van der Waals surface area contributed by atoms with E-state index in [9.17, 15) is 9.59 Å². The Bertz CT molecular complexity index is 1590. The molecule has 0 bridgehead atoms. The van der Waals surface area contributed by atoms with Crippen molar-refractivity contribution >= 4 is 45.6 Å². The molecule has 0 spiro atoms. The van der Waals surface area contributed by atoms with Gasteiger partial charge in [0.2, 0.25) is 4.96 Å². The molecular weight excluding hydrogens is 474 g/mol. The number of para-hydroxylation sites is 1. The Labute approximate surface area is 202 Å². The van der Waals surface area contributed by atoms with Crippen molar-refractivity contribution in [2.24, 2.45) is 0 Å². The van der Waals surface area contributed by atoms with Gasteiger partial charge in [0.15, 0.2) is 12.4 Å². The minimum atomic E-state index is -0.306. The van der Waals surface area contributed by atoms with Crippen molar-refractivity contribution in [2.45, 2.75) is 0 Å². The van der Waals surface area contributed by atoms with Crippen LogP contribution in [0.5, 0.6) is 5.75 Å². The summed E-state index contributed by atoms with van der Waals surface area (Å²) in [4.78, 5) is 34.1. The van der Waals surface area contributed by atoms with Gasteiger partial charge in [-0.05, 0) is 48.5 Å². The van der Waals surface area contributed by atoms with E-state index in [4.69, 9.17) is 16.3 Å². The number of hydrogen-bond acceptors (Lipinski definition) is 7. The third kappa shape index (κ3) is 4.66. The first-order chi connectivity index (χ1) is 16.6. The molecule has 0 unspecified atom stereocenters. The first-order valence-electron chi connectivity index (χ1n) is 10.2. The largest absolute Gasteiger partial charge is 0.483 e. The Morgan fingerprint density at radius 3 is 2.68 bits per heavy atom. The summed E-state index contributed by atoms with van der Waals surface area (Å²) in [7, 11) is 0. The Hall–Kier alpha value is -4.08. The monoisotopic (exact) mass is 489 g/mol. The lowest BCUT2D eigenvalue weighted by Crippen LogP contribution is -2.24. The number of halogens is 1. The van der Waals surface area contributed by atoms with Crippen LogP contribution in [0.1, 0.15) is 5.56 Å². The molecule has 3 aromatic heterocycles. The van der Waals surface area contributed by atoms with Gasteiger partial charge in [0.1, 0.15) is 5.75 Å². The van der Waals surface area contributed by atoms with E-state index in [0.29, 0.717) is 37.3 Å². The van der Waals surface area contributed by atoms with Crippen LogP contribution in [0.25, 0.3) is 22.4 Å². The number of aromatic nitrogens is 4. The van der Waals surface area contributed by atoms with Crippen molar-refractivity contribution < 1.29 is 9.53 Å². The van der Waals surface area contributed by atoms with Crippen LogP contribution in [0.4, 0.5) is 5.69 Å². The first-order valence-corrected chi connectivity index (χ1v) is 11.4. The van der Waals surface area contributed by atoms with E-state index in [1.54, 1.807) is 60.9 Å². The SMILES string of the molecule is O=C(COc1ccc(Cl)cc1/C=c1\sc2nc(-c3ccncc3)nn2c1=O)Nc1ccccc1. The maximum atomic E-state index is 12.9. The van der Waals surface area contributed by atoms with Gasteiger partial charge in [0, 0.05) is 34.2 Å². The minimum absolute atomic E-state index is 0.202. The van der Waals surface area contributed by atoms with Crippen molar-refractivity contribution in [3.05, 3.63) is 98.5 Å². The van der Waals surface area contributed by atoms with Crippen LogP contribution in [0, 0.1) is 0 Å². The molecule has 0 saturated heterocycles. The number of benzene rings is 2. The number of ether oxygens (including phenoxy) is 1. The topological polar surface area (TPSA) is 98.5 Å². The highest BCUT2D eigenvalue weighted by Gasteiger charge is 2.13. The van der Waals surface area contributed by atoms with Gasteiger partial charge in [-0.15, -0.1) is 5.10 Å². The lowest BCUT2D eigenvalue weighted by molar-refractivity contribution is -0.118. The standard InChI is InChI=1S/C24H16ClN5O3S/c25-17-6-7-19(33-14-21(31)27-18-4-2-1-3-5-18)16(12-17)13-20-23(32)30-24(34-20)28-22(29-30)15-8-10-26-11-9-15/h1-13H,14H2,(H,27,31)/b20-13-. The van der Waals surface area contributed by atoms with Gasteiger partial charge in [-0.25, -0.2) is 0 Å². The summed E-state index contributed by atoms with van der Waals surface area (Å²) >= 11 is 7.38. The van der Waals surface area contributed by atoms with E-state index in [-0.39, 0.29) is 18.1 Å². The van der Waals surface area contributed by atoms with Crippen LogP contribution in [-0.4, -0.2) is 32.1 Å². The predicted octanol–water partition coefficient (Wildman–Crippen LogP) is 3.43. The van der Waals surface area contributed by atoms with Gasteiger partial charge in [0.25, 0.3) is 11.5 Å². The third-order valence-corrected chi connectivity index (χ3v) is 5.99. The van der Waals surface area contributed by atoms with Crippen LogP contribution in [0.15, 0.2) is 77.9 Å². The van der Waals surface area contributed by atoms with E-state index in [2.05, 4.69) is 20.4 Å². The molecule has 5 rings (SSSR count). The van der Waals surface area contributed by atoms with Crippen molar-refractivity contribution in [3.8, 4) is 17.1 Å². The number of nitrogens with one attached hydrogen (secondary N) is 1. The fourth-order valence-electron chi connectivity index (χ4n) is 3.22. The summed E-state index contributed by atoms with van der Waals surface area (Å²) in [6.07, 6.45) is 4.94. The number of pyridine rings is 1. The molecule has 0 aliphatic carbocycles. The summed E-state index contributed by atoms with van der Waals surface area (Å²) in [6.45, 7) is -0.202. The molecule has 168 valence electrons. The zero-order chi connectivity index (χ0) is 23.5. The molecule has 0 fully saturated rings. The highest BCUT2D eigenvalue weighted by molar-refractivity contribution is 7.15. The second kappa shape index (κ2) is 9.42. The Morgan fingerprint density at radius 1 is 1.12 bits per heavy atom. The molecule has 3 heterocycles. The van der Waals surface area contributed by atoms with E-state index >= 15 is 0 Å². The number of anilines is 1. The molecule has 10 heteroatoms. The molecule has 2 aromatic carbocycles. The number of fused-ring (bicyclic) bond motifs is 1. The number of nitrogens with zero attached hydrogens (tertiary/aromatic N) is 4. The molecule has 1 N–H and O–H groups in total. The summed E-state index contributed by atoms with van der Waals surface area (Å²) in [5, 5.41) is 7.56. The number of carbonyl (C=O) groups excluding carboxylic acids is 1. The highest BCUT2D eigenvalue weighted by atomic mass is 35.5. The molecule has 0 saturated carbocycles. The minimum Gasteiger partial charge on any atom is -0.483 e. The average Bonchev–Trinajstić information content (AvgIpc) is 3.39. The number of rotatable bonds is 6. The zero-order valence-electron chi connectivity index (χ0n) is 17.5. The molecule has 0 radical (unpaired) electrons.